The first-order valence-electron chi connectivity index (χ1n) is 8.23. The molecule has 2 fully saturated rings. The molecular formula is C16H25N3O3. The molecule has 6 nitrogen and oxygen atoms in total. The minimum Gasteiger partial charge on any atom is -0.348 e. The molecule has 1 aromatic heterocycles. The predicted molar refractivity (Wildman–Crippen MR) is 82.5 cm³/mol. The summed E-state index contributed by atoms with van der Waals surface area (Å²) in [5, 5.41) is 10.1. The summed E-state index contributed by atoms with van der Waals surface area (Å²) in [4.78, 5) is 12.2. The molecule has 1 aliphatic heterocycles. The van der Waals surface area contributed by atoms with E-state index in [1.807, 2.05) is 6.92 Å². The van der Waals surface area contributed by atoms with Crippen molar-refractivity contribution in [1.29, 1.82) is 0 Å². The van der Waals surface area contributed by atoms with Crippen LogP contribution < -0.4 is 5.32 Å². The smallest absolute Gasteiger partial charge is 0.225 e. The molecule has 0 unspecified atom stereocenters. The highest BCUT2D eigenvalue weighted by Gasteiger charge is 2.40. The maximum atomic E-state index is 12.2. The molecule has 1 aliphatic carbocycles. The SMILES string of the molecule is CCc1[nH]nc(NC(=O)CC2CCC3(CC2)OCCO3)c1C. The number of nitrogens with one attached hydrogen (secondary N) is 2. The highest BCUT2D eigenvalue weighted by atomic mass is 16.7. The van der Waals surface area contributed by atoms with Gasteiger partial charge in [0.15, 0.2) is 11.6 Å². The van der Waals surface area contributed by atoms with Gasteiger partial charge in [-0.05, 0) is 32.1 Å². The molecule has 122 valence electrons. The van der Waals surface area contributed by atoms with Crippen LogP contribution >= 0.6 is 0 Å². The second-order valence-corrected chi connectivity index (χ2v) is 6.33. The quantitative estimate of drug-likeness (QED) is 0.896. The molecule has 0 bridgehead atoms. The Morgan fingerprint density at radius 3 is 2.64 bits per heavy atom. The Kier molecular flexibility index (Phi) is 4.49. The molecule has 1 saturated heterocycles. The second kappa shape index (κ2) is 6.38. The van der Waals surface area contributed by atoms with E-state index >= 15 is 0 Å². The Morgan fingerprint density at radius 1 is 1.36 bits per heavy atom. The van der Waals surface area contributed by atoms with Crippen molar-refractivity contribution in [3.63, 3.8) is 0 Å². The Hall–Kier alpha value is -1.40. The molecular weight excluding hydrogens is 282 g/mol. The minimum absolute atomic E-state index is 0.0476. The molecule has 2 heterocycles. The van der Waals surface area contributed by atoms with Gasteiger partial charge in [-0.25, -0.2) is 0 Å². The lowest BCUT2D eigenvalue weighted by molar-refractivity contribution is -0.183. The number of hydrogen-bond acceptors (Lipinski definition) is 4. The lowest BCUT2D eigenvalue weighted by atomic mass is 9.83. The van der Waals surface area contributed by atoms with E-state index in [4.69, 9.17) is 9.47 Å². The average molecular weight is 307 g/mol. The molecule has 22 heavy (non-hydrogen) atoms. The lowest BCUT2D eigenvalue weighted by Gasteiger charge is -2.35. The van der Waals surface area contributed by atoms with Crippen LogP contribution in [0.1, 0.15) is 50.3 Å². The van der Waals surface area contributed by atoms with E-state index in [0.717, 1.165) is 43.4 Å². The third-order valence-corrected chi connectivity index (χ3v) is 4.88. The number of H-pyrrole nitrogens is 1. The van der Waals surface area contributed by atoms with Crippen LogP contribution in [-0.2, 0) is 20.7 Å². The maximum absolute atomic E-state index is 12.2. The molecule has 6 heteroatoms. The Morgan fingerprint density at radius 2 is 2.05 bits per heavy atom. The summed E-state index contributed by atoms with van der Waals surface area (Å²) in [6, 6.07) is 0. The molecule has 2 N–H and O–H groups in total. The molecule has 0 atom stereocenters. The van der Waals surface area contributed by atoms with Gasteiger partial charge in [-0.1, -0.05) is 6.92 Å². The normalized spacial score (nSPS) is 21.4. The van der Waals surface area contributed by atoms with Gasteiger partial charge in [0.1, 0.15) is 0 Å². The number of rotatable bonds is 4. The largest absolute Gasteiger partial charge is 0.348 e. The van der Waals surface area contributed by atoms with Crippen molar-refractivity contribution >= 4 is 11.7 Å². The fraction of sp³-hybridized carbons (Fsp3) is 0.750. The summed E-state index contributed by atoms with van der Waals surface area (Å²) in [5.74, 6) is 0.772. The number of hydrogen-bond donors (Lipinski definition) is 2. The summed E-state index contributed by atoms with van der Waals surface area (Å²) in [6.45, 7) is 5.45. The van der Waals surface area contributed by atoms with Crippen molar-refractivity contribution in [3.8, 4) is 0 Å². The molecule has 1 amide bonds. The van der Waals surface area contributed by atoms with Crippen molar-refractivity contribution in [1.82, 2.24) is 10.2 Å². The van der Waals surface area contributed by atoms with Crippen LogP contribution in [0.4, 0.5) is 5.82 Å². The number of anilines is 1. The van der Waals surface area contributed by atoms with Crippen LogP contribution in [0.25, 0.3) is 0 Å². The summed E-state index contributed by atoms with van der Waals surface area (Å²) < 4.78 is 11.4. The van der Waals surface area contributed by atoms with E-state index in [2.05, 4.69) is 22.4 Å². The van der Waals surface area contributed by atoms with Gasteiger partial charge in [0.05, 0.1) is 13.2 Å². The van der Waals surface area contributed by atoms with Crippen molar-refractivity contribution in [3.05, 3.63) is 11.3 Å². The summed E-state index contributed by atoms with van der Waals surface area (Å²) in [5.41, 5.74) is 2.11. The number of amides is 1. The van der Waals surface area contributed by atoms with E-state index in [0.29, 0.717) is 31.4 Å². The first kappa shape index (κ1) is 15.5. The molecule has 0 aromatic carbocycles. The molecule has 3 rings (SSSR count). The van der Waals surface area contributed by atoms with Crippen LogP contribution in [0.2, 0.25) is 0 Å². The van der Waals surface area contributed by atoms with Gasteiger partial charge in [-0.2, -0.15) is 5.10 Å². The third-order valence-electron chi connectivity index (χ3n) is 4.88. The molecule has 0 radical (unpaired) electrons. The van der Waals surface area contributed by atoms with Crippen LogP contribution in [-0.4, -0.2) is 35.1 Å². The van der Waals surface area contributed by atoms with Crippen LogP contribution in [0.15, 0.2) is 0 Å². The van der Waals surface area contributed by atoms with E-state index in [1.54, 1.807) is 0 Å². The lowest BCUT2D eigenvalue weighted by Crippen LogP contribution is -2.36. The highest BCUT2D eigenvalue weighted by Crippen LogP contribution is 2.39. The fourth-order valence-electron chi connectivity index (χ4n) is 3.45. The van der Waals surface area contributed by atoms with Crippen molar-refractivity contribution in [2.45, 2.75) is 58.2 Å². The highest BCUT2D eigenvalue weighted by molar-refractivity contribution is 5.90. The maximum Gasteiger partial charge on any atom is 0.225 e. The standard InChI is InChI=1S/C16H25N3O3/c1-3-13-11(2)15(19-18-13)17-14(20)10-12-4-6-16(7-5-12)21-8-9-22-16/h12H,3-10H2,1-2H3,(H2,17,18,19,20). The van der Waals surface area contributed by atoms with Gasteiger partial charge in [-0.3, -0.25) is 9.89 Å². The fourth-order valence-corrected chi connectivity index (χ4v) is 3.45. The number of ether oxygens (including phenoxy) is 2. The number of aryl methyl sites for hydroxylation is 1. The van der Waals surface area contributed by atoms with Gasteiger partial charge in [0, 0.05) is 30.5 Å². The first-order chi connectivity index (χ1) is 10.6. The van der Waals surface area contributed by atoms with Gasteiger partial charge >= 0.3 is 0 Å². The molecule has 1 saturated carbocycles. The Bertz CT molecular complexity index is 525. The van der Waals surface area contributed by atoms with E-state index in [-0.39, 0.29) is 11.7 Å². The number of nitrogens with zero attached hydrogens (tertiary/aromatic N) is 1. The summed E-state index contributed by atoms with van der Waals surface area (Å²) >= 11 is 0. The van der Waals surface area contributed by atoms with E-state index < -0.39 is 0 Å². The van der Waals surface area contributed by atoms with Gasteiger partial charge in [0.25, 0.3) is 0 Å². The monoisotopic (exact) mass is 307 g/mol. The molecule has 2 aliphatic rings. The zero-order valence-corrected chi connectivity index (χ0v) is 13.4. The Balaban J connectivity index is 1.49. The summed E-state index contributed by atoms with van der Waals surface area (Å²) in [6.07, 6.45) is 5.18. The number of aromatic nitrogens is 2. The molecule has 1 aromatic rings. The van der Waals surface area contributed by atoms with Gasteiger partial charge < -0.3 is 14.8 Å². The van der Waals surface area contributed by atoms with Gasteiger partial charge in [0.2, 0.25) is 5.91 Å². The number of aromatic amines is 1. The van der Waals surface area contributed by atoms with Crippen LogP contribution in [0.5, 0.6) is 0 Å². The van der Waals surface area contributed by atoms with Crippen molar-refractivity contribution in [2.24, 2.45) is 5.92 Å². The van der Waals surface area contributed by atoms with Crippen LogP contribution in [0, 0.1) is 12.8 Å². The third kappa shape index (κ3) is 3.17. The van der Waals surface area contributed by atoms with Crippen LogP contribution in [0.3, 0.4) is 0 Å². The minimum atomic E-state index is -0.345. The van der Waals surface area contributed by atoms with E-state index in [9.17, 15) is 4.79 Å². The van der Waals surface area contributed by atoms with Gasteiger partial charge in [-0.15, -0.1) is 0 Å². The second-order valence-electron chi connectivity index (χ2n) is 6.33. The zero-order valence-electron chi connectivity index (χ0n) is 13.4. The average Bonchev–Trinajstić information content (AvgIpc) is 3.10. The van der Waals surface area contributed by atoms with Crippen molar-refractivity contribution < 1.29 is 14.3 Å². The number of carbonyl (C=O) groups is 1. The summed E-state index contributed by atoms with van der Waals surface area (Å²) in [7, 11) is 0. The van der Waals surface area contributed by atoms with Crippen molar-refractivity contribution in [2.75, 3.05) is 18.5 Å². The Labute approximate surface area is 130 Å². The zero-order chi connectivity index (χ0) is 15.6. The van der Waals surface area contributed by atoms with E-state index in [1.165, 1.54) is 0 Å². The molecule has 1 spiro atoms. The predicted octanol–water partition coefficient (Wildman–Crippen LogP) is 2.54. The topological polar surface area (TPSA) is 76.2 Å². The number of carbonyl (C=O) groups excluding carboxylic acids is 1. The first-order valence-corrected chi connectivity index (χ1v) is 8.23.